The van der Waals surface area contributed by atoms with Crippen molar-refractivity contribution in [3.05, 3.63) is 28.3 Å². The summed E-state index contributed by atoms with van der Waals surface area (Å²) in [4.78, 5) is 0. The van der Waals surface area contributed by atoms with Crippen LogP contribution >= 0.6 is 11.6 Å². The van der Waals surface area contributed by atoms with Gasteiger partial charge in [-0.05, 0) is 70.8 Å². The molecule has 0 heterocycles. The Hall–Kier alpha value is -0.730. The Labute approximate surface area is 116 Å². The molecular formula is C15H24ClNO. The van der Waals surface area contributed by atoms with Gasteiger partial charge in [-0.3, -0.25) is 0 Å². The van der Waals surface area contributed by atoms with Crippen molar-refractivity contribution in [1.29, 1.82) is 0 Å². The van der Waals surface area contributed by atoms with E-state index >= 15 is 0 Å². The molecule has 0 aliphatic rings. The molecule has 1 aromatic carbocycles. The number of rotatable bonds is 6. The van der Waals surface area contributed by atoms with Crippen LogP contribution in [0.15, 0.2) is 12.1 Å². The molecule has 1 aromatic rings. The molecule has 0 bridgehead atoms. The number of nitrogens with one attached hydrogen (secondary N) is 1. The lowest BCUT2D eigenvalue weighted by molar-refractivity contribution is 0.340. The Morgan fingerprint density at radius 3 is 2.56 bits per heavy atom. The maximum absolute atomic E-state index is 6.22. The quantitative estimate of drug-likeness (QED) is 0.844. The van der Waals surface area contributed by atoms with Crippen molar-refractivity contribution in [1.82, 2.24) is 5.32 Å². The third-order valence-electron chi connectivity index (χ3n) is 3.39. The Morgan fingerprint density at radius 2 is 2.00 bits per heavy atom. The Bertz CT molecular complexity index is 402. The number of benzene rings is 1. The fourth-order valence-electron chi connectivity index (χ4n) is 1.80. The lowest BCUT2D eigenvalue weighted by atomic mass is 9.93. The molecule has 1 N–H and O–H groups in total. The summed E-state index contributed by atoms with van der Waals surface area (Å²) >= 11 is 6.22. The van der Waals surface area contributed by atoms with E-state index in [0.717, 1.165) is 18.6 Å². The van der Waals surface area contributed by atoms with Gasteiger partial charge in [-0.1, -0.05) is 11.6 Å². The van der Waals surface area contributed by atoms with Crippen molar-refractivity contribution < 1.29 is 4.74 Å². The Morgan fingerprint density at radius 1 is 1.33 bits per heavy atom. The zero-order valence-electron chi connectivity index (χ0n) is 12.1. The SMILES string of the molecule is CCOc1cc(C)c(CCC(C)(C)NC)cc1Cl. The van der Waals surface area contributed by atoms with E-state index in [1.165, 1.54) is 11.1 Å². The first-order valence-electron chi connectivity index (χ1n) is 6.50. The average molecular weight is 270 g/mol. The topological polar surface area (TPSA) is 21.3 Å². The van der Waals surface area contributed by atoms with E-state index in [4.69, 9.17) is 16.3 Å². The molecule has 0 unspecified atom stereocenters. The fourth-order valence-corrected chi connectivity index (χ4v) is 2.04. The van der Waals surface area contributed by atoms with Gasteiger partial charge in [-0.15, -0.1) is 0 Å². The number of halogens is 1. The summed E-state index contributed by atoms with van der Waals surface area (Å²) in [5.41, 5.74) is 2.69. The molecule has 0 aliphatic carbocycles. The van der Waals surface area contributed by atoms with Crippen molar-refractivity contribution in [2.45, 2.75) is 46.1 Å². The summed E-state index contributed by atoms with van der Waals surface area (Å²) < 4.78 is 5.49. The summed E-state index contributed by atoms with van der Waals surface area (Å²) in [6.07, 6.45) is 2.10. The van der Waals surface area contributed by atoms with Crippen LogP contribution in [0.1, 0.15) is 38.3 Å². The largest absolute Gasteiger partial charge is 0.492 e. The predicted octanol–water partition coefficient (Wildman–Crippen LogP) is 3.98. The lowest BCUT2D eigenvalue weighted by Crippen LogP contribution is -2.36. The van der Waals surface area contributed by atoms with E-state index in [1.807, 2.05) is 26.1 Å². The first-order chi connectivity index (χ1) is 8.39. The first-order valence-corrected chi connectivity index (χ1v) is 6.88. The minimum Gasteiger partial charge on any atom is -0.492 e. The van der Waals surface area contributed by atoms with Gasteiger partial charge in [0.15, 0.2) is 0 Å². The van der Waals surface area contributed by atoms with E-state index in [1.54, 1.807) is 0 Å². The van der Waals surface area contributed by atoms with Gasteiger partial charge in [0.05, 0.1) is 11.6 Å². The summed E-state index contributed by atoms with van der Waals surface area (Å²) in [5, 5.41) is 4.03. The van der Waals surface area contributed by atoms with Crippen LogP contribution in [0.2, 0.25) is 5.02 Å². The number of hydrogen-bond donors (Lipinski definition) is 1. The van der Waals surface area contributed by atoms with Crippen LogP contribution in [0.5, 0.6) is 5.75 Å². The molecule has 18 heavy (non-hydrogen) atoms. The van der Waals surface area contributed by atoms with Gasteiger partial charge in [0, 0.05) is 5.54 Å². The molecule has 102 valence electrons. The van der Waals surface area contributed by atoms with Crippen molar-refractivity contribution >= 4 is 11.6 Å². The van der Waals surface area contributed by atoms with E-state index in [0.29, 0.717) is 11.6 Å². The number of hydrogen-bond acceptors (Lipinski definition) is 2. The van der Waals surface area contributed by atoms with Gasteiger partial charge in [0.1, 0.15) is 5.75 Å². The zero-order valence-corrected chi connectivity index (χ0v) is 12.8. The summed E-state index contributed by atoms with van der Waals surface area (Å²) in [7, 11) is 2.00. The van der Waals surface area contributed by atoms with E-state index in [2.05, 4.69) is 26.1 Å². The first kappa shape index (κ1) is 15.3. The number of aryl methyl sites for hydroxylation is 2. The second kappa shape index (κ2) is 6.44. The highest BCUT2D eigenvalue weighted by Gasteiger charge is 2.15. The average Bonchev–Trinajstić information content (AvgIpc) is 2.32. The van der Waals surface area contributed by atoms with E-state index in [9.17, 15) is 0 Å². The summed E-state index contributed by atoms with van der Waals surface area (Å²) in [6, 6.07) is 4.07. The second-order valence-electron chi connectivity index (χ2n) is 5.28. The monoisotopic (exact) mass is 269 g/mol. The van der Waals surface area contributed by atoms with Gasteiger partial charge in [0.25, 0.3) is 0 Å². The third-order valence-corrected chi connectivity index (χ3v) is 3.68. The van der Waals surface area contributed by atoms with Crippen LogP contribution in [0.4, 0.5) is 0 Å². The van der Waals surface area contributed by atoms with Crippen molar-refractivity contribution in [3.8, 4) is 5.75 Å². The number of ether oxygens (including phenoxy) is 1. The second-order valence-corrected chi connectivity index (χ2v) is 5.68. The third kappa shape index (κ3) is 4.18. The summed E-state index contributed by atoms with van der Waals surface area (Å²) in [6.45, 7) is 9.14. The standard InChI is InChI=1S/C15H24ClNO/c1-6-18-14-9-11(2)12(10-13(14)16)7-8-15(3,4)17-5/h9-10,17H,6-8H2,1-5H3. The van der Waals surface area contributed by atoms with Crippen LogP contribution in [-0.2, 0) is 6.42 Å². The summed E-state index contributed by atoms with van der Waals surface area (Å²) in [5.74, 6) is 0.785. The molecule has 0 aliphatic heterocycles. The smallest absolute Gasteiger partial charge is 0.138 e. The predicted molar refractivity (Wildman–Crippen MR) is 78.8 cm³/mol. The van der Waals surface area contributed by atoms with Gasteiger partial charge in [-0.25, -0.2) is 0 Å². The van der Waals surface area contributed by atoms with Crippen molar-refractivity contribution in [2.24, 2.45) is 0 Å². The maximum Gasteiger partial charge on any atom is 0.138 e. The molecule has 0 saturated heterocycles. The fraction of sp³-hybridized carbons (Fsp3) is 0.600. The van der Waals surface area contributed by atoms with E-state index < -0.39 is 0 Å². The van der Waals surface area contributed by atoms with E-state index in [-0.39, 0.29) is 5.54 Å². The molecule has 0 spiro atoms. The molecule has 0 saturated carbocycles. The van der Waals surface area contributed by atoms with Crippen LogP contribution in [0.25, 0.3) is 0 Å². The molecule has 0 amide bonds. The Kier molecular flexibility index (Phi) is 5.48. The van der Waals surface area contributed by atoms with Gasteiger partial charge >= 0.3 is 0 Å². The normalized spacial score (nSPS) is 11.7. The zero-order chi connectivity index (χ0) is 13.8. The molecular weight excluding hydrogens is 246 g/mol. The highest BCUT2D eigenvalue weighted by atomic mass is 35.5. The van der Waals surface area contributed by atoms with Crippen molar-refractivity contribution in [2.75, 3.05) is 13.7 Å². The van der Waals surface area contributed by atoms with Crippen molar-refractivity contribution in [3.63, 3.8) is 0 Å². The molecule has 0 fully saturated rings. The van der Waals surface area contributed by atoms with Crippen LogP contribution in [-0.4, -0.2) is 19.2 Å². The minimum absolute atomic E-state index is 0.150. The molecule has 0 atom stereocenters. The minimum atomic E-state index is 0.150. The van der Waals surface area contributed by atoms with Gasteiger partial charge < -0.3 is 10.1 Å². The maximum atomic E-state index is 6.22. The van der Waals surface area contributed by atoms with Crippen LogP contribution in [0, 0.1) is 6.92 Å². The van der Waals surface area contributed by atoms with Crippen LogP contribution in [0.3, 0.4) is 0 Å². The van der Waals surface area contributed by atoms with Gasteiger partial charge in [-0.2, -0.15) is 0 Å². The molecule has 0 radical (unpaired) electrons. The molecule has 2 nitrogen and oxygen atoms in total. The highest BCUT2D eigenvalue weighted by molar-refractivity contribution is 6.32. The van der Waals surface area contributed by atoms with Gasteiger partial charge in [0.2, 0.25) is 0 Å². The molecule has 1 rings (SSSR count). The Balaban J connectivity index is 2.82. The lowest BCUT2D eigenvalue weighted by Gasteiger charge is -2.24. The highest BCUT2D eigenvalue weighted by Crippen LogP contribution is 2.29. The molecule has 0 aromatic heterocycles. The van der Waals surface area contributed by atoms with Crippen LogP contribution < -0.4 is 10.1 Å². The molecule has 3 heteroatoms.